The molecule has 0 amide bonds. The van der Waals surface area contributed by atoms with Gasteiger partial charge in [0.2, 0.25) is 0 Å². The van der Waals surface area contributed by atoms with Crippen molar-refractivity contribution in [2.45, 2.75) is 31.4 Å². The number of aryl methyl sites for hydroxylation is 1. The molecule has 0 nitrogen and oxygen atoms in total. The van der Waals surface area contributed by atoms with Gasteiger partial charge in [0.1, 0.15) is 0 Å². The molecule has 0 aromatic heterocycles. The zero-order chi connectivity index (χ0) is 19.3. The van der Waals surface area contributed by atoms with Crippen molar-refractivity contribution in [3.8, 4) is 0 Å². The quantitative estimate of drug-likeness (QED) is 0.296. The first-order valence-corrected chi connectivity index (χ1v) is 11.5. The molecule has 0 aliphatic heterocycles. The van der Waals surface area contributed by atoms with Crippen molar-refractivity contribution in [3.05, 3.63) is 114 Å². The number of benzene rings is 4. The van der Waals surface area contributed by atoms with Crippen LogP contribution in [0.3, 0.4) is 0 Å². The highest BCUT2D eigenvalue weighted by atomic mass is 35.5. The zero-order valence-electron chi connectivity index (χ0n) is 15.5. The Labute approximate surface area is 178 Å². The highest BCUT2D eigenvalue weighted by molar-refractivity contribution is 7.99. The predicted octanol–water partition coefficient (Wildman–Crippen LogP) is 7.90. The molecule has 28 heavy (non-hydrogen) atoms. The Kier molecular flexibility index (Phi) is 6.11. The van der Waals surface area contributed by atoms with Gasteiger partial charge in [-0.25, -0.2) is 0 Å². The Morgan fingerprint density at radius 2 is 1.32 bits per heavy atom. The Morgan fingerprint density at radius 1 is 0.679 bits per heavy atom. The molecule has 0 spiro atoms. The third-order valence-electron chi connectivity index (χ3n) is 4.40. The molecule has 1 unspecified atom stereocenters. The minimum Gasteiger partial charge on any atom is -0.0885 e. The first kappa shape index (κ1) is 19.2. The number of halogens is 1. The summed E-state index contributed by atoms with van der Waals surface area (Å²) in [7, 11) is -0.185. The molecule has 0 aliphatic carbocycles. The summed E-state index contributed by atoms with van der Waals surface area (Å²) in [5, 5.41) is 0.799. The maximum Gasteiger partial charge on any atom is 0.169 e. The van der Waals surface area contributed by atoms with Crippen LogP contribution in [0.25, 0.3) is 0 Å². The van der Waals surface area contributed by atoms with Crippen LogP contribution in [0.5, 0.6) is 0 Å². The van der Waals surface area contributed by atoms with Gasteiger partial charge in [-0.05, 0) is 49.4 Å². The zero-order valence-corrected chi connectivity index (χ0v) is 17.9. The molecule has 4 aromatic carbocycles. The predicted molar refractivity (Wildman–Crippen MR) is 122 cm³/mol. The van der Waals surface area contributed by atoms with Crippen LogP contribution in [0.15, 0.2) is 128 Å². The second-order valence-electron chi connectivity index (χ2n) is 6.39. The number of hydrogen-bond donors (Lipinski definition) is 0. The Bertz CT molecular complexity index is 1060. The summed E-state index contributed by atoms with van der Waals surface area (Å²) >= 11 is 8.42. The molecular weight excluding hydrogens is 400 g/mol. The summed E-state index contributed by atoms with van der Waals surface area (Å²) in [4.78, 5) is 6.16. The second kappa shape index (κ2) is 8.91. The third-order valence-corrected chi connectivity index (χ3v) is 8.28. The van der Waals surface area contributed by atoms with E-state index in [1.807, 2.05) is 6.07 Å². The van der Waals surface area contributed by atoms with Gasteiger partial charge in [-0.3, -0.25) is 0 Å². The number of rotatable bonds is 5. The van der Waals surface area contributed by atoms with Crippen LogP contribution in [0.1, 0.15) is 5.56 Å². The molecule has 0 bridgehead atoms. The van der Waals surface area contributed by atoms with Gasteiger partial charge in [-0.15, -0.1) is 0 Å². The topological polar surface area (TPSA) is 0 Å². The van der Waals surface area contributed by atoms with Gasteiger partial charge in [0.05, 0.1) is 15.9 Å². The van der Waals surface area contributed by atoms with Gasteiger partial charge in [0.25, 0.3) is 0 Å². The number of hydrogen-bond acceptors (Lipinski definition) is 1. The van der Waals surface area contributed by atoms with Crippen LogP contribution in [-0.2, 0) is 10.9 Å². The van der Waals surface area contributed by atoms with Crippen LogP contribution in [0.2, 0.25) is 5.02 Å². The van der Waals surface area contributed by atoms with Crippen LogP contribution in [0, 0.1) is 6.92 Å². The molecule has 0 heterocycles. The van der Waals surface area contributed by atoms with E-state index in [0.29, 0.717) is 0 Å². The maximum absolute atomic E-state index is 6.72. The average molecular weight is 420 g/mol. The van der Waals surface area contributed by atoms with Crippen molar-refractivity contribution in [1.29, 1.82) is 0 Å². The molecule has 138 valence electrons. The van der Waals surface area contributed by atoms with Gasteiger partial charge in [0.15, 0.2) is 14.7 Å². The van der Waals surface area contributed by atoms with E-state index in [1.165, 1.54) is 25.1 Å². The lowest BCUT2D eigenvalue weighted by molar-refractivity contribution is 1.24. The van der Waals surface area contributed by atoms with Crippen molar-refractivity contribution in [3.63, 3.8) is 0 Å². The Morgan fingerprint density at radius 3 is 2.00 bits per heavy atom. The van der Waals surface area contributed by atoms with E-state index in [9.17, 15) is 0 Å². The normalized spacial score (nSPS) is 11.9. The first-order chi connectivity index (χ1) is 13.7. The highest BCUT2D eigenvalue weighted by Gasteiger charge is 2.30. The fourth-order valence-corrected chi connectivity index (χ4v) is 6.49. The van der Waals surface area contributed by atoms with Crippen LogP contribution in [-0.4, -0.2) is 0 Å². The summed E-state index contributed by atoms with van der Waals surface area (Å²) in [6.45, 7) is 2.18. The lowest BCUT2D eigenvalue weighted by Crippen LogP contribution is -2.06. The summed E-state index contributed by atoms with van der Waals surface area (Å²) in [5.41, 5.74) is 1.30. The molecule has 0 fully saturated rings. The van der Waals surface area contributed by atoms with E-state index in [2.05, 4.69) is 104 Å². The highest BCUT2D eigenvalue weighted by Crippen LogP contribution is 2.38. The van der Waals surface area contributed by atoms with Crippen molar-refractivity contribution >= 4 is 34.3 Å². The largest absolute Gasteiger partial charge is 0.169 e. The van der Waals surface area contributed by atoms with E-state index in [1.54, 1.807) is 11.8 Å². The van der Waals surface area contributed by atoms with Crippen molar-refractivity contribution < 1.29 is 0 Å². The minimum absolute atomic E-state index is 0.185. The molecule has 1 atom stereocenters. The SMILES string of the molecule is Cc1ccccc1[S+](c1ccccc1)c1ccc(Sc2ccccc2)c(Cl)c1. The van der Waals surface area contributed by atoms with Crippen molar-refractivity contribution in [1.82, 2.24) is 0 Å². The van der Waals surface area contributed by atoms with E-state index in [-0.39, 0.29) is 10.9 Å². The van der Waals surface area contributed by atoms with Gasteiger partial charge in [-0.1, -0.05) is 78.0 Å². The molecule has 3 heteroatoms. The molecule has 0 saturated heterocycles. The third kappa shape index (κ3) is 4.30. The van der Waals surface area contributed by atoms with Crippen molar-refractivity contribution in [2.24, 2.45) is 0 Å². The van der Waals surface area contributed by atoms with Crippen LogP contribution >= 0.6 is 23.4 Å². The van der Waals surface area contributed by atoms with E-state index in [0.717, 1.165) is 9.92 Å². The average Bonchev–Trinajstić information content (AvgIpc) is 2.73. The van der Waals surface area contributed by atoms with Gasteiger partial charge < -0.3 is 0 Å². The Balaban J connectivity index is 1.75. The Hall–Kier alpha value is -2.13. The monoisotopic (exact) mass is 419 g/mol. The maximum atomic E-state index is 6.72. The van der Waals surface area contributed by atoms with Crippen LogP contribution in [0.4, 0.5) is 0 Å². The minimum atomic E-state index is -0.185. The van der Waals surface area contributed by atoms with E-state index >= 15 is 0 Å². The lowest BCUT2D eigenvalue weighted by Gasteiger charge is -2.11. The molecule has 4 rings (SSSR count). The van der Waals surface area contributed by atoms with Crippen LogP contribution < -0.4 is 0 Å². The standard InChI is InChI=1S/C25H20ClS2/c1-19-10-8-9-15-25(19)28(21-13-6-3-7-14-21)22-16-17-24(23(26)18-22)27-20-11-4-2-5-12-20/h2-18H,1H3/q+1. The fraction of sp³-hybridized carbons (Fsp3) is 0.0400. The lowest BCUT2D eigenvalue weighted by atomic mass is 10.2. The molecule has 4 aromatic rings. The molecule has 0 saturated carbocycles. The fourth-order valence-electron chi connectivity index (χ4n) is 3.04. The van der Waals surface area contributed by atoms with E-state index < -0.39 is 0 Å². The first-order valence-electron chi connectivity index (χ1n) is 9.10. The van der Waals surface area contributed by atoms with Crippen molar-refractivity contribution in [2.75, 3.05) is 0 Å². The summed E-state index contributed by atoms with van der Waals surface area (Å²) in [6.07, 6.45) is 0. The van der Waals surface area contributed by atoms with Gasteiger partial charge in [0, 0.05) is 21.4 Å². The van der Waals surface area contributed by atoms with Gasteiger partial charge >= 0.3 is 0 Å². The molecular formula is C25H20ClS2+. The smallest absolute Gasteiger partial charge is 0.0885 e. The van der Waals surface area contributed by atoms with Gasteiger partial charge in [-0.2, -0.15) is 0 Å². The molecule has 0 aliphatic rings. The summed E-state index contributed by atoms with van der Waals surface area (Å²) in [6, 6.07) is 36.2. The molecule has 0 N–H and O–H groups in total. The second-order valence-corrected chi connectivity index (χ2v) is 9.91. The summed E-state index contributed by atoms with van der Waals surface area (Å²) < 4.78 is 0. The summed E-state index contributed by atoms with van der Waals surface area (Å²) in [5.74, 6) is 0. The molecule has 0 radical (unpaired) electrons. The van der Waals surface area contributed by atoms with E-state index in [4.69, 9.17) is 11.6 Å².